The highest BCUT2D eigenvalue weighted by atomic mass is 16.5. The zero-order valence-electron chi connectivity index (χ0n) is 13.7. The maximum absolute atomic E-state index is 5.47. The van der Waals surface area contributed by atoms with Gasteiger partial charge in [0.15, 0.2) is 5.82 Å². The topological polar surface area (TPSA) is 50.3 Å². The van der Waals surface area contributed by atoms with Gasteiger partial charge in [-0.1, -0.05) is 13.8 Å². The highest BCUT2D eigenvalue weighted by Crippen LogP contribution is 2.29. The van der Waals surface area contributed by atoms with E-state index in [1.807, 2.05) is 6.92 Å². The van der Waals surface area contributed by atoms with Crippen LogP contribution in [0.15, 0.2) is 6.07 Å². The summed E-state index contributed by atoms with van der Waals surface area (Å²) in [6, 6.07) is 2.65. The minimum Gasteiger partial charge on any atom is -0.374 e. The van der Waals surface area contributed by atoms with Crippen molar-refractivity contribution in [2.75, 3.05) is 29.9 Å². The second-order valence-corrected chi connectivity index (χ2v) is 5.84. The number of ether oxygens (including phenoxy) is 1. The van der Waals surface area contributed by atoms with E-state index in [0.29, 0.717) is 25.2 Å². The van der Waals surface area contributed by atoms with Crippen molar-refractivity contribution in [2.45, 2.75) is 53.2 Å². The minimum atomic E-state index is 0.475. The van der Waals surface area contributed by atoms with Crippen LogP contribution in [-0.2, 0) is 11.3 Å². The van der Waals surface area contributed by atoms with E-state index in [4.69, 9.17) is 9.72 Å². The highest BCUT2D eigenvalue weighted by Gasteiger charge is 2.28. The number of rotatable bonds is 7. The molecule has 2 rings (SSSR count). The van der Waals surface area contributed by atoms with Gasteiger partial charge in [-0.25, -0.2) is 9.97 Å². The number of nitrogens with one attached hydrogen (secondary N) is 1. The predicted molar refractivity (Wildman–Crippen MR) is 86.7 cm³/mol. The van der Waals surface area contributed by atoms with Crippen molar-refractivity contribution in [3.63, 3.8) is 0 Å². The van der Waals surface area contributed by atoms with Crippen LogP contribution in [0.4, 0.5) is 11.6 Å². The van der Waals surface area contributed by atoms with Gasteiger partial charge in [-0.2, -0.15) is 0 Å². The molecule has 1 aliphatic rings. The van der Waals surface area contributed by atoms with Crippen molar-refractivity contribution in [1.82, 2.24) is 9.97 Å². The molecule has 0 spiro atoms. The lowest BCUT2D eigenvalue weighted by Crippen LogP contribution is -2.34. The largest absolute Gasteiger partial charge is 0.374 e. The maximum Gasteiger partial charge on any atom is 0.158 e. The molecule has 0 radical (unpaired) electrons. The standard InChI is InChI=1S/C16H28N4O/c1-5-17-14-10-16(19-15(18-14)11-21-6-2)20-9-7-8-13(20)12(3)4/h10,12-13H,5-9,11H2,1-4H3,(H,17,18,19). The monoisotopic (exact) mass is 292 g/mol. The van der Waals surface area contributed by atoms with Crippen LogP contribution in [0.5, 0.6) is 0 Å². The van der Waals surface area contributed by atoms with Crippen LogP contribution in [0.1, 0.15) is 46.4 Å². The summed E-state index contributed by atoms with van der Waals surface area (Å²) < 4.78 is 5.47. The van der Waals surface area contributed by atoms with E-state index in [1.165, 1.54) is 12.8 Å². The zero-order chi connectivity index (χ0) is 15.2. The number of anilines is 2. The Labute approximate surface area is 128 Å². The summed E-state index contributed by atoms with van der Waals surface area (Å²) in [6.45, 7) is 11.7. The van der Waals surface area contributed by atoms with Crippen molar-refractivity contribution in [1.29, 1.82) is 0 Å². The Morgan fingerprint density at radius 1 is 1.38 bits per heavy atom. The third-order valence-corrected chi connectivity index (χ3v) is 3.92. The van der Waals surface area contributed by atoms with Crippen molar-refractivity contribution in [3.05, 3.63) is 11.9 Å². The lowest BCUT2D eigenvalue weighted by Gasteiger charge is -2.29. The van der Waals surface area contributed by atoms with Gasteiger partial charge in [-0.3, -0.25) is 0 Å². The fourth-order valence-corrected chi connectivity index (χ4v) is 2.93. The first kappa shape index (κ1) is 16.0. The molecule has 1 aromatic heterocycles. The van der Waals surface area contributed by atoms with Gasteiger partial charge in [0.25, 0.3) is 0 Å². The predicted octanol–water partition coefficient (Wildman–Crippen LogP) is 3.07. The van der Waals surface area contributed by atoms with Crippen LogP contribution in [0, 0.1) is 5.92 Å². The molecule has 1 N–H and O–H groups in total. The lowest BCUT2D eigenvalue weighted by molar-refractivity contribution is 0.128. The molecule has 1 atom stereocenters. The van der Waals surface area contributed by atoms with Crippen LogP contribution in [0.3, 0.4) is 0 Å². The first-order chi connectivity index (χ1) is 10.2. The summed E-state index contributed by atoms with van der Waals surface area (Å²) in [5, 5.41) is 3.30. The number of hydrogen-bond acceptors (Lipinski definition) is 5. The van der Waals surface area contributed by atoms with Crippen LogP contribution in [0.25, 0.3) is 0 Å². The van der Waals surface area contributed by atoms with E-state index in [1.54, 1.807) is 0 Å². The molecule has 0 aromatic carbocycles. The van der Waals surface area contributed by atoms with E-state index in [-0.39, 0.29) is 0 Å². The molecule has 5 nitrogen and oxygen atoms in total. The van der Waals surface area contributed by atoms with Gasteiger partial charge < -0.3 is 15.0 Å². The third kappa shape index (κ3) is 4.06. The molecule has 21 heavy (non-hydrogen) atoms. The van der Waals surface area contributed by atoms with Gasteiger partial charge in [0.2, 0.25) is 0 Å². The van der Waals surface area contributed by atoms with Gasteiger partial charge >= 0.3 is 0 Å². The molecular weight excluding hydrogens is 264 g/mol. The lowest BCUT2D eigenvalue weighted by atomic mass is 10.0. The van der Waals surface area contributed by atoms with Gasteiger partial charge in [0, 0.05) is 31.8 Å². The normalized spacial score (nSPS) is 18.5. The average molecular weight is 292 g/mol. The van der Waals surface area contributed by atoms with E-state index in [2.05, 4.69) is 42.0 Å². The Bertz CT molecular complexity index is 450. The van der Waals surface area contributed by atoms with Gasteiger partial charge in [0.05, 0.1) is 0 Å². The van der Waals surface area contributed by atoms with E-state index in [0.717, 1.165) is 30.5 Å². The molecule has 1 aromatic rings. The third-order valence-electron chi connectivity index (χ3n) is 3.92. The smallest absolute Gasteiger partial charge is 0.158 e. The summed E-state index contributed by atoms with van der Waals surface area (Å²) in [4.78, 5) is 11.7. The molecule has 0 bridgehead atoms. The summed E-state index contributed by atoms with van der Waals surface area (Å²) >= 11 is 0. The molecule has 1 unspecified atom stereocenters. The molecule has 0 amide bonds. The fourth-order valence-electron chi connectivity index (χ4n) is 2.93. The molecule has 1 saturated heterocycles. The van der Waals surface area contributed by atoms with Crippen LogP contribution >= 0.6 is 0 Å². The van der Waals surface area contributed by atoms with Crippen molar-refractivity contribution >= 4 is 11.6 Å². The molecule has 1 fully saturated rings. The first-order valence-electron chi connectivity index (χ1n) is 8.11. The van der Waals surface area contributed by atoms with Crippen LogP contribution < -0.4 is 10.2 Å². The van der Waals surface area contributed by atoms with E-state index >= 15 is 0 Å². The zero-order valence-corrected chi connectivity index (χ0v) is 13.7. The summed E-state index contributed by atoms with van der Waals surface area (Å²) in [5.41, 5.74) is 0. The number of hydrogen-bond donors (Lipinski definition) is 1. The van der Waals surface area contributed by atoms with Crippen molar-refractivity contribution < 1.29 is 4.74 Å². The van der Waals surface area contributed by atoms with Crippen LogP contribution in [0.2, 0.25) is 0 Å². The summed E-state index contributed by atoms with van der Waals surface area (Å²) in [7, 11) is 0. The molecule has 2 heterocycles. The highest BCUT2D eigenvalue weighted by molar-refractivity contribution is 5.50. The summed E-state index contributed by atoms with van der Waals surface area (Å²) in [6.07, 6.45) is 2.49. The minimum absolute atomic E-state index is 0.475. The second kappa shape index (κ2) is 7.59. The first-order valence-corrected chi connectivity index (χ1v) is 8.11. The second-order valence-electron chi connectivity index (χ2n) is 5.84. The molecular formula is C16H28N4O. The van der Waals surface area contributed by atoms with Gasteiger partial charge in [-0.15, -0.1) is 0 Å². The Balaban J connectivity index is 2.25. The van der Waals surface area contributed by atoms with Gasteiger partial charge in [0.1, 0.15) is 18.2 Å². The van der Waals surface area contributed by atoms with E-state index < -0.39 is 0 Å². The molecule has 1 aliphatic heterocycles. The number of aromatic nitrogens is 2. The molecule has 5 heteroatoms. The number of nitrogens with zero attached hydrogens (tertiary/aromatic N) is 3. The van der Waals surface area contributed by atoms with E-state index in [9.17, 15) is 0 Å². The quantitative estimate of drug-likeness (QED) is 0.837. The maximum atomic E-state index is 5.47. The van der Waals surface area contributed by atoms with Gasteiger partial charge in [-0.05, 0) is 32.6 Å². The molecule has 118 valence electrons. The van der Waals surface area contributed by atoms with Crippen molar-refractivity contribution in [2.24, 2.45) is 5.92 Å². The Morgan fingerprint density at radius 2 is 2.19 bits per heavy atom. The summed E-state index contributed by atoms with van der Waals surface area (Å²) in [5.74, 6) is 3.33. The Kier molecular flexibility index (Phi) is 5.79. The molecule has 0 aliphatic carbocycles. The fraction of sp³-hybridized carbons (Fsp3) is 0.750. The average Bonchev–Trinajstić information content (AvgIpc) is 2.95. The van der Waals surface area contributed by atoms with Crippen LogP contribution in [-0.4, -0.2) is 35.7 Å². The molecule has 0 saturated carbocycles. The Hall–Kier alpha value is -1.36. The van der Waals surface area contributed by atoms with Crippen molar-refractivity contribution in [3.8, 4) is 0 Å². The SMILES string of the molecule is CCNc1cc(N2CCCC2C(C)C)nc(COCC)n1. The Morgan fingerprint density at radius 3 is 2.86 bits per heavy atom.